The summed E-state index contributed by atoms with van der Waals surface area (Å²) in [7, 11) is 0. The van der Waals surface area contributed by atoms with E-state index in [0.717, 1.165) is 12.8 Å². The fraction of sp³-hybridized carbons (Fsp3) is 0.600. The van der Waals surface area contributed by atoms with Crippen LogP contribution >= 0.6 is 0 Å². The maximum Gasteiger partial charge on any atom is 0.323 e. The first-order valence-electron chi connectivity index (χ1n) is 9.50. The van der Waals surface area contributed by atoms with E-state index in [0.29, 0.717) is 37.4 Å². The molecular formula is C20H27NO5. The minimum absolute atomic E-state index is 0.102. The van der Waals surface area contributed by atoms with Crippen LogP contribution in [-0.2, 0) is 9.53 Å². The first-order chi connectivity index (χ1) is 12.6. The van der Waals surface area contributed by atoms with Gasteiger partial charge in [0.2, 0.25) is 0 Å². The number of nitrogens with zero attached hydrogens (tertiary/aromatic N) is 1. The molecule has 1 N–H and O–H groups in total. The lowest BCUT2D eigenvalue weighted by molar-refractivity contribution is -0.138. The number of amides is 1. The van der Waals surface area contributed by atoms with Crippen molar-refractivity contribution >= 4 is 11.9 Å². The second-order valence-electron chi connectivity index (χ2n) is 7.08. The van der Waals surface area contributed by atoms with Crippen molar-refractivity contribution in [1.29, 1.82) is 0 Å². The monoisotopic (exact) mass is 361 g/mol. The third kappa shape index (κ3) is 4.97. The van der Waals surface area contributed by atoms with Crippen molar-refractivity contribution in [3.05, 3.63) is 29.8 Å². The number of carboxylic acid groups (broad SMARTS) is 1. The maximum absolute atomic E-state index is 13.0. The van der Waals surface area contributed by atoms with Crippen LogP contribution in [0.2, 0.25) is 0 Å². The van der Waals surface area contributed by atoms with E-state index < -0.39 is 5.97 Å². The lowest BCUT2D eigenvalue weighted by Crippen LogP contribution is -2.46. The smallest absolute Gasteiger partial charge is 0.323 e. The number of ether oxygens (including phenoxy) is 2. The molecule has 1 aromatic rings. The van der Waals surface area contributed by atoms with Gasteiger partial charge in [-0.25, -0.2) is 0 Å². The number of rotatable bonds is 6. The summed E-state index contributed by atoms with van der Waals surface area (Å²) < 4.78 is 11.4. The Bertz CT molecular complexity index is 620. The first kappa shape index (κ1) is 18.7. The van der Waals surface area contributed by atoms with Gasteiger partial charge in [-0.2, -0.15) is 0 Å². The van der Waals surface area contributed by atoms with Crippen LogP contribution < -0.4 is 4.74 Å². The van der Waals surface area contributed by atoms with Crippen LogP contribution in [0.25, 0.3) is 0 Å². The van der Waals surface area contributed by atoms with Gasteiger partial charge in [-0.1, -0.05) is 12.5 Å². The fourth-order valence-corrected chi connectivity index (χ4v) is 3.75. The van der Waals surface area contributed by atoms with E-state index in [2.05, 4.69) is 0 Å². The summed E-state index contributed by atoms with van der Waals surface area (Å²) in [5.41, 5.74) is 0.478. The molecule has 0 unspecified atom stereocenters. The molecule has 1 aliphatic carbocycles. The van der Waals surface area contributed by atoms with E-state index in [-0.39, 0.29) is 24.6 Å². The van der Waals surface area contributed by atoms with Gasteiger partial charge in [-0.05, 0) is 56.7 Å². The Morgan fingerprint density at radius 3 is 2.54 bits per heavy atom. The van der Waals surface area contributed by atoms with Crippen LogP contribution in [0.4, 0.5) is 0 Å². The molecule has 142 valence electrons. The third-order valence-corrected chi connectivity index (χ3v) is 5.13. The predicted molar refractivity (Wildman–Crippen MR) is 96.5 cm³/mol. The highest BCUT2D eigenvalue weighted by Crippen LogP contribution is 2.25. The van der Waals surface area contributed by atoms with Gasteiger partial charge >= 0.3 is 5.97 Å². The van der Waals surface area contributed by atoms with Crippen molar-refractivity contribution in [3.63, 3.8) is 0 Å². The number of benzene rings is 1. The summed E-state index contributed by atoms with van der Waals surface area (Å²) in [4.78, 5) is 25.7. The van der Waals surface area contributed by atoms with Crippen molar-refractivity contribution in [2.75, 3.05) is 19.8 Å². The quantitative estimate of drug-likeness (QED) is 0.842. The van der Waals surface area contributed by atoms with Gasteiger partial charge in [0.1, 0.15) is 12.3 Å². The lowest BCUT2D eigenvalue weighted by atomic mass is 9.98. The molecule has 3 rings (SSSR count). The van der Waals surface area contributed by atoms with Crippen molar-refractivity contribution in [2.45, 2.75) is 57.1 Å². The fourth-order valence-electron chi connectivity index (χ4n) is 3.75. The van der Waals surface area contributed by atoms with Gasteiger partial charge in [-0.3, -0.25) is 9.59 Å². The molecule has 1 amide bonds. The van der Waals surface area contributed by atoms with E-state index in [9.17, 15) is 14.7 Å². The number of carbonyl (C=O) groups is 2. The van der Waals surface area contributed by atoms with E-state index in [1.165, 1.54) is 24.2 Å². The topological polar surface area (TPSA) is 76.1 Å². The predicted octanol–water partition coefficient (Wildman–Crippen LogP) is 3.10. The van der Waals surface area contributed by atoms with Crippen molar-refractivity contribution in [2.24, 2.45) is 0 Å². The molecule has 2 fully saturated rings. The largest absolute Gasteiger partial charge is 0.490 e. The van der Waals surface area contributed by atoms with Gasteiger partial charge < -0.3 is 19.5 Å². The minimum Gasteiger partial charge on any atom is -0.490 e. The van der Waals surface area contributed by atoms with Gasteiger partial charge in [-0.15, -0.1) is 0 Å². The van der Waals surface area contributed by atoms with Crippen LogP contribution in [0.3, 0.4) is 0 Å². The molecule has 2 aliphatic rings. The minimum atomic E-state index is -1.00. The molecule has 1 aromatic carbocycles. The van der Waals surface area contributed by atoms with Crippen LogP contribution in [0.15, 0.2) is 24.3 Å². The SMILES string of the molecule is O=C(O)CN(C(=O)c1cccc(OC2CCCCC2)c1)C1CCOCC1. The highest BCUT2D eigenvalue weighted by atomic mass is 16.5. The Hall–Kier alpha value is -2.08. The Kier molecular flexibility index (Phi) is 6.50. The Balaban J connectivity index is 1.73. The average Bonchev–Trinajstić information content (AvgIpc) is 2.67. The van der Waals surface area contributed by atoms with E-state index in [1.54, 1.807) is 18.2 Å². The van der Waals surface area contributed by atoms with Gasteiger partial charge in [0.05, 0.1) is 6.10 Å². The summed E-state index contributed by atoms with van der Waals surface area (Å²) in [6.45, 7) is 0.814. The van der Waals surface area contributed by atoms with Crippen LogP contribution in [0, 0.1) is 0 Å². The molecule has 0 atom stereocenters. The molecule has 0 bridgehead atoms. The Morgan fingerprint density at radius 2 is 1.85 bits per heavy atom. The second-order valence-corrected chi connectivity index (χ2v) is 7.08. The summed E-state index contributed by atoms with van der Waals surface area (Å²) in [5, 5.41) is 9.23. The molecule has 1 aliphatic heterocycles. The molecule has 1 heterocycles. The van der Waals surface area contributed by atoms with E-state index >= 15 is 0 Å². The zero-order chi connectivity index (χ0) is 18.4. The van der Waals surface area contributed by atoms with Crippen LogP contribution in [0.5, 0.6) is 5.75 Å². The number of carbonyl (C=O) groups excluding carboxylic acids is 1. The maximum atomic E-state index is 13.0. The second kappa shape index (κ2) is 9.03. The zero-order valence-electron chi connectivity index (χ0n) is 15.1. The lowest BCUT2D eigenvalue weighted by Gasteiger charge is -2.33. The molecule has 6 nitrogen and oxygen atoms in total. The molecule has 0 spiro atoms. The molecular weight excluding hydrogens is 334 g/mol. The van der Waals surface area contributed by atoms with Crippen molar-refractivity contribution in [1.82, 2.24) is 4.90 Å². The van der Waals surface area contributed by atoms with E-state index in [4.69, 9.17) is 9.47 Å². The summed E-state index contributed by atoms with van der Waals surface area (Å²) >= 11 is 0. The molecule has 1 saturated carbocycles. The molecule has 0 radical (unpaired) electrons. The normalized spacial score (nSPS) is 19.1. The first-order valence-corrected chi connectivity index (χ1v) is 9.50. The average molecular weight is 361 g/mol. The molecule has 26 heavy (non-hydrogen) atoms. The van der Waals surface area contributed by atoms with Crippen LogP contribution in [0.1, 0.15) is 55.3 Å². The Morgan fingerprint density at radius 1 is 1.12 bits per heavy atom. The summed E-state index contributed by atoms with van der Waals surface area (Å²) in [5.74, 6) is -0.571. The summed E-state index contributed by atoms with van der Waals surface area (Å²) in [6, 6.07) is 7.03. The Labute approximate surface area is 154 Å². The van der Waals surface area contributed by atoms with Gasteiger partial charge in [0.15, 0.2) is 0 Å². The standard InChI is InChI=1S/C20H27NO5/c22-19(23)14-21(16-9-11-25-12-10-16)20(24)15-5-4-8-18(13-15)26-17-6-2-1-3-7-17/h4-5,8,13,16-17H,1-3,6-7,9-12,14H2,(H,22,23). The van der Waals surface area contributed by atoms with Gasteiger partial charge in [0, 0.05) is 24.8 Å². The highest BCUT2D eigenvalue weighted by molar-refractivity contribution is 5.96. The highest BCUT2D eigenvalue weighted by Gasteiger charge is 2.28. The molecule has 6 heteroatoms. The third-order valence-electron chi connectivity index (χ3n) is 5.13. The number of hydrogen-bond acceptors (Lipinski definition) is 4. The van der Waals surface area contributed by atoms with Crippen molar-refractivity contribution < 1.29 is 24.2 Å². The number of hydrogen-bond donors (Lipinski definition) is 1. The van der Waals surface area contributed by atoms with Gasteiger partial charge in [0.25, 0.3) is 5.91 Å². The van der Waals surface area contributed by atoms with Crippen LogP contribution in [-0.4, -0.2) is 53.8 Å². The summed E-state index contributed by atoms with van der Waals surface area (Å²) in [6.07, 6.45) is 7.25. The van der Waals surface area contributed by atoms with Crippen molar-refractivity contribution in [3.8, 4) is 5.75 Å². The number of aliphatic carboxylic acids is 1. The molecule has 0 aromatic heterocycles. The van der Waals surface area contributed by atoms with E-state index in [1.807, 2.05) is 6.07 Å². The number of carboxylic acids is 1. The zero-order valence-corrected chi connectivity index (χ0v) is 15.1. The molecule has 1 saturated heterocycles.